The third-order valence-electron chi connectivity index (χ3n) is 5.16. The van der Waals surface area contributed by atoms with Gasteiger partial charge in [0.2, 0.25) is 5.89 Å². The number of aromatic nitrogens is 3. The summed E-state index contributed by atoms with van der Waals surface area (Å²) in [6.45, 7) is 10.4. The lowest BCUT2D eigenvalue weighted by Gasteiger charge is -2.18. The Morgan fingerprint density at radius 3 is 2.45 bits per heavy atom. The van der Waals surface area contributed by atoms with Crippen LogP contribution < -0.4 is 5.32 Å². The Morgan fingerprint density at radius 1 is 0.931 bits per heavy atom. The summed E-state index contributed by atoms with van der Waals surface area (Å²) in [5, 5.41) is 3.46. The van der Waals surface area contributed by atoms with Gasteiger partial charge in [-0.15, -0.1) is 0 Å². The fraction of sp³-hybridized carbons (Fsp3) is 0.348. The van der Waals surface area contributed by atoms with Crippen LogP contribution in [0.3, 0.4) is 0 Å². The number of hydrogen-bond acceptors (Lipinski definition) is 6. The molecule has 2 heterocycles. The number of oxazole rings is 1. The van der Waals surface area contributed by atoms with Gasteiger partial charge in [0, 0.05) is 6.54 Å². The molecule has 6 nitrogen and oxygen atoms in total. The minimum atomic E-state index is 0.495. The van der Waals surface area contributed by atoms with E-state index in [4.69, 9.17) is 14.4 Å². The molecule has 0 amide bonds. The van der Waals surface area contributed by atoms with Gasteiger partial charge in [0.15, 0.2) is 17.1 Å². The molecule has 1 N–H and O–H groups in total. The van der Waals surface area contributed by atoms with Crippen LogP contribution in [0, 0.1) is 6.92 Å². The van der Waals surface area contributed by atoms with E-state index in [1.807, 2.05) is 49.4 Å². The van der Waals surface area contributed by atoms with Crippen molar-refractivity contribution in [1.29, 1.82) is 0 Å². The van der Waals surface area contributed by atoms with Crippen molar-refractivity contribution in [3.63, 3.8) is 0 Å². The molecule has 0 bridgehead atoms. The monoisotopic (exact) mass is 389 g/mol. The maximum Gasteiger partial charge on any atom is 0.250 e. The topological polar surface area (TPSA) is 67.1 Å². The van der Waals surface area contributed by atoms with Crippen molar-refractivity contribution >= 4 is 28.0 Å². The molecule has 0 unspecified atom stereocenters. The van der Waals surface area contributed by atoms with Crippen molar-refractivity contribution in [3.8, 4) is 11.6 Å². The molecule has 6 heteroatoms. The molecule has 0 fully saturated rings. The number of nitrogens with zero attached hydrogens (tertiary/aromatic N) is 4. The Labute approximate surface area is 171 Å². The maximum atomic E-state index is 6.04. The zero-order valence-electron chi connectivity index (χ0n) is 17.3. The van der Waals surface area contributed by atoms with Crippen LogP contribution in [0.1, 0.15) is 25.8 Å². The summed E-state index contributed by atoms with van der Waals surface area (Å²) in [7, 11) is 0. The number of anilines is 1. The molecule has 2 aromatic carbocycles. The Bertz CT molecular complexity index is 1120. The van der Waals surface area contributed by atoms with Crippen molar-refractivity contribution in [1.82, 2.24) is 19.9 Å². The van der Waals surface area contributed by atoms with Crippen LogP contribution in [0.4, 0.5) is 5.82 Å². The average Bonchev–Trinajstić information content (AvgIpc) is 3.16. The smallest absolute Gasteiger partial charge is 0.250 e. The van der Waals surface area contributed by atoms with Crippen LogP contribution >= 0.6 is 0 Å². The molecule has 2 aromatic heterocycles. The molecule has 0 spiro atoms. The number of aryl methyl sites for hydroxylation is 1. The van der Waals surface area contributed by atoms with Gasteiger partial charge in [0.05, 0.1) is 11.0 Å². The predicted octanol–water partition coefficient (Wildman–Crippen LogP) is 4.89. The fourth-order valence-electron chi connectivity index (χ4n) is 3.45. The van der Waals surface area contributed by atoms with Crippen molar-refractivity contribution in [3.05, 3.63) is 48.0 Å². The fourth-order valence-corrected chi connectivity index (χ4v) is 3.45. The Morgan fingerprint density at radius 2 is 1.69 bits per heavy atom. The first kappa shape index (κ1) is 19.3. The van der Waals surface area contributed by atoms with Gasteiger partial charge in [-0.2, -0.15) is 0 Å². The minimum Gasteiger partial charge on any atom is -0.435 e. The van der Waals surface area contributed by atoms with Gasteiger partial charge in [0.1, 0.15) is 5.52 Å². The van der Waals surface area contributed by atoms with Crippen LogP contribution in [0.5, 0.6) is 0 Å². The number of fused-ring (bicyclic) bond motifs is 2. The predicted molar refractivity (Wildman–Crippen MR) is 118 cm³/mol. The standard InChI is InChI=1S/C23H27N5O/c1-4-28(5-2)14-8-13-24-22-21(25-17-9-6-7-10-18(17)26-22)23-27-19-12-11-16(3)15-20(19)29-23/h6-7,9-12,15H,4-5,8,13-14H2,1-3H3,(H,24,26). The normalized spacial score (nSPS) is 11.6. The quantitative estimate of drug-likeness (QED) is 0.433. The summed E-state index contributed by atoms with van der Waals surface area (Å²) < 4.78 is 6.04. The van der Waals surface area contributed by atoms with Gasteiger partial charge in [-0.25, -0.2) is 15.0 Å². The van der Waals surface area contributed by atoms with Crippen LogP contribution in [0.25, 0.3) is 33.7 Å². The van der Waals surface area contributed by atoms with Crippen molar-refractivity contribution in [2.45, 2.75) is 27.2 Å². The van der Waals surface area contributed by atoms with E-state index in [9.17, 15) is 0 Å². The molecule has 0 aliphatic rings. The number of para-hydroxylation sites is 2. The molecule has 150 valence electrons. The second-order valence-corrected chi connectivity index (χ2v) is 7.21. The molecule has 0 aliphatic heterocycles. The van der Waals surface area contributed by atoms with Gasteiger partial charge in [-0.05, 0) is 62.8 Å². The van der Waals surface area contributed by atoms with Crippen LogP contribution in [0.2, 0.25) is 0 Å². The van der Waals surface area contributed by atoms with Gasteiger partial charge < -0.3 is 14.6 Å². The first-order valence-corrected chi connectivity index (χ1v) is 10.3. The molecule has 29 heavy (non-hydrogen) atoms. The molecule has 0 radical (unpaired) electrons. The highest BCUT2D eigenvalue weighted by molar-refractivity contribution is 5.83. The average molecular weight is 390 g/mol. The lowest BCUT2D eigenvalue weighted by Crippen LogP contribution is -2.25. The summed E-state index contributed by atoms with van der Waals surface area (Å²) in [5.41, 5.74) is 5.07. The van der Waals surface area contributed by atoms with E-state index in [1.54, 1.807) is 0 Å². The highest BCUT2D eigenvalue weighted by Crippen LogP contribution is 2.29. The Kier molecular flexibility index (Phi) is 5.71. The highest BCUT2D eigenvalue weighted by atomic mass is 16.3. The van der Waals surface area contributed by atoms with Crippen molar-refractivity contribution in [2.24, 2.45) is 0 Å². The molecule has 4 rings (SSSR count). The van der Waals surface area contributed by atoms with E-state index in [2.05, 4.69) is 29.0 Å². The van der Waals surface area contributed by atoms with Gasteiger partial charge >= 0.3 is 0 Å². The Hall–Kier alpha value is -2.99. The van der Waals surface area contributed by atoms with E-state index in [-0.39, 0.29) is 0 Å². The van der Waals surface area contributed by atoms with E-state index in [0.29, 0.717) is 17.4 Å². The van der Waals surface area contributed by atoms with E-state index >= 15 is 0 Å². The molecule has 0 aliphatic carbocycles. The maximum absolute atomic E-state index is 6.04. The van der Waals surface area contributed by atoms with Gasteiger partial charge in [0.25, 0.3) is 0 Å². The summed E-state index contributed by atoms with van der Waals surface area (Å²) in [6.07, 6.45) is 1.03. The largest absolute Gasteiger partial charge is 0.435 e. The third kappa shape index (κ3) is 4.22. The minimum absolute atomic E-state index is 0.495. The number of benzene rings is 2. The SMILES string of the molecule is CCN(CC)CCCNc1nc2ccccc2nc1-c1nc2ccc(C)cc2o1. The first-order valence-electron chi connectivity index (χ1n) is 10.3. The van der Waals surface area contributed by atoms with Crippen LogP contribution in [-0.4, -0.2) is 46.0 Å². The lowest BCUT2D eigenvalue weighted by atomic mass is 10.2. The van der Waals surface area contributed by atoms with Gasteiger partial charge in [-0.1, -0.05) is 32.0 Å². The third-order valence-corrected chi connectivity index (χ3v) is 5.16. The van der Waals surface area contributed by atoms with Crippen LogP contribution in [0.15, 0.2) is 46.9 Å². The zero-order valence-corrected chi connectivity index (χ0v) is 17.3. The summed E-state index contributed by atoms with van der Waals surface area (Å²) in [4.78, 5) is 16.7. The molecular formula is C23H27N5O. The second kappa shape index (κ2) is 8.57. The Balaban J connectivity index is 1.66. The first-order chi connectivity index (χ1) is 14.2. The molecule has 0 saturated heterocycles. The van der Waals surface area contributed by atoms with Crippen molar-refractivity contribution in [2.75, 3.05) is 31.5 Å². The van der Waals surface area contributed by atoms with E-state index in [1.165, 1.54) is 0 Å². The van der Waals surface area contributed by atoms with Crippen LogP contribution in [-0.2, 0) is 0 Å². The van der Waals surface area contributed by atoms with Crippen molar-refractivity contribution < 1.29 is 4.42 Å². The summed E-state index contributed by atoms with van der Waals surface area (Å²) >= 11 is 0. The highest BCUT2D eigenvalue weighted by Gasteiger charge is 2.17. The zero-order chi connectivity index (χ0) is 20.2. The van der Waals surface area contributed by atoms with E-state index < -0.39 is 0 Å². The number of rotatable bonds is 8. The number of hydrogen-bond donors (Lipinski definition) is 1. The molecular weight excluding hydrogens is 362 g/mol. The van der Waals surface area contributed by atoms with E-state index in [0.717, 1.165) is 60.3 Å². The summed E-state index contributed by atoms with van der Waals surface area (Å²) in [5.74, 6) is 1.21. The molecule has 0 saturated carbocycles. The lowest BCUT2D eigenvalue weighted by molar-refractivity contribution is 0.303. The molecule has 0 atom stereocenters. The van der Waals surface area contributed by atoms with Gasteiger partial charge in [-0.3, -0.25) is 0 Å². The number of nitrogens with one attached hydrogen (secondary N) is 1. The summed E-state index contributed by atoms with van der Waals surface area (Å²) in [6, 6.07) is 13.9. The second-order valence-electron chi connectivity index (χ2n) is 7.21. The molecule has 4 aromatic rings.